The minimum Gasteiger partial charge on any atom is -0.367 e. The largest absolute Gasteiger partial charge is 0.367 e. The second kappa shape index (κ2) is 10.9. The Kier molecular flexibility index (Phi) is 7.98. The molecule has 1 N–H and O–H groups in total. The lowest BCUT2D eigenvalue weighted by molar-refractivity contribution is -0.384. The third kappa shape index (κ3) is 6.16. The summed E-state index contributed by atoms with van der Waals surface area (Å²) >= 11 is 6.51. The van der Waals surface area contributed by atoms with E-state index in [1.54, 1.807) is 0 Å². The number of rotatable bonds is 9. The Bertz CT molecular complexity index is 1080. The van der Waals surface area contributed by atoms with Crippen molar-refractivity contribution in [1.82, 2.24) is 10.2 Å². The van der Waals surface area contributed by atoms with Gasteiger partial charge >= 0.3 is 0 Å². The Morgan fingerprint density at radius 2 is 1.97 bits per heavy atom. The summed E-state index contributed by atoms with van der Waals surface area (Å²) in [6.45, 7) is 0.218. The fraction of sp³-hybridized carbons (Fsp3) is 0.190. The van der Waals surface area contributed by atoms with E-state index in [1.165, 1.54) is 24.3 Å². The fourth-order valence-corrected chi connectivity index (χ4v) is 3.85. The highest BCUT2D eigenvalue weighted by molar-refractivity contribution is 8.18. The highest BCUT2D eigenvalue weighted by atomic mass is 35.5. The number of amides is 3. The van der Waals surface area contributed by atoms with Gasteiger partial charge in [0.25, 0.3) is 16.8 Å². The van der Waals surface area contributed by atoms with Gasteiger partial charge in [-0.2, -0.15) is 0 Å². The van der Waals surface area contributed by atoms with E-state index in [-0.39, 0.29) is 41.2 Å². The zero-order valence-corrected chi connectivity index (χ0v) is 18.2. The zero-order valence-electron chi connectivity index (χ0n) is 16.7. The van der Waals surface area contributed by atoms with Crippen molar-refractivity contribution in [3.05, 3.63) is 79.7 Å². The van der Waals surface area contributed by atoms with Gasteiger partial charge in [-0.3, -0.25) is 29.4 Å². The summed E-state index contributed by atoms with van der Waals surface area (Å²) in [5.41, 5.74) is 1.02. The summed E-state index contributed by atoms with van der Waals surface area (Å²) < 4.78 is 5.33. The smallest absolute Gasteiger partial charge is 0.293 e. The monoisotopic (exact) mass is 475 g/mol. The van der Waals surface area contributed by atoms with Crippen LogP contribution in [0, 0.1) is 10.1 Å². The Balaban J connectivity index is 1.49. The van der Waals surface area contributed by atoms with Crippen LogP contribution in [0.3, 0.4) is 0 Å². The first kappa shape index (κ1) is 23.5. The molecule has 166 valence electrons. The van der Waals surface area contributed by atoms with Crippen molar-refractivity contribution in [2.45, 2.75) is 6.61 Å². The molecule has 32 heavy (non-hydrogen) atoms. The molecule has 1 heterocycles. The summed E-state index contributed by atoms with van der Waals surface area (Å²) in [4.78, 5) is 48.1. The number of nitro groups is 1. The highest BCUT2D eigenvalue weighted by Crippen LogP contribution is 2.33. The van der Waals surface area contributed by atoms with Crippen LogP contribution in [0.1, 0.15) is 11.1 Å². The number of benzene rings is 2. The zero-order chi connectivity index (χ0) is 23.1. The van der Waals surface area contributed by atoms with E-state index in [2.05, 4.69) is 5.32 Å². The molecule has 11 heteroatoms. The maximum Gasteiger partial charge on any atom is 0.293 e. The SMILES string of the molecule is O=C(COCc1ccccc1)NCCN1C(=O)S/C(=C\c2ccc(Cl)c([N+](=O)[O-])c2)C1=O. The second-order valence-corrected chi connectivity index (χ2v) is 8.03. The predicted octanol–water partition coefficient (Wildman–Crippen LogP) is 3.62. The number of carbonyl (C=O) groups is 3. The number of nitro benzene ring substituents is 1. The third-order valence-electron chi connectivity index (χ3n) is 4.34. The topological polar surface area (TPSA) is 119 Å². The number of imide groups is 1. The summed E-state index contributed by atoms with van der Waals surface area (Å²) in [5, 5.41) is 13.1. The van der Waals surface area contributed by atoms with Crippen LogP contribution in [0.25, 0.3) is 6.08 Å². The van der Waals surface area contributed by atoms with Gasteiger partial charge in [0.2, 0.25) is 5.91 Å². The minimum atomic E-state index is -0.627. The van der Waals surface area contributed by atoms with E-state index in [9.17, 15) is 24.5 Å². The molecule has 1 aliphatic rings. The van der Waals surface area contributed by atoms with Gasteiger partial charge in [-0.25, -0.2) is 0 Å². The van der Waals surface area contributed by atoms with E-state index >= 15 is 0 Å². The van der Waals surface area contributed by atoms with E-state index in [4.69, 9.17) is 16.3 Å². The number of thioether (sulfide) groups is 1. The van der Waals surface area contributed by atoms with Crippen molar-refractivity contribution in [3.63, 3.8) is 0 Å². The lowest BCUT2D eigenvalue weighted by atomic mass is 10.2. The van der Waals surface area contributed by atoms with E-state index < -0.39 is 16.1 Å². The number of hydrogen-bond donors (Lipinski definition) is 1. The van der Waals surface area contributed by atoms with Crippen LogP contribution in [0.2, 0.25) is 5.02 Å². The lowest BCUT2D eigenvalue weighted by Crippen LogP contribution is -2.38. The van der Waals surface area contributed by atoms with E-state index in [0.29, 0.717) is 12.2 Å². The van der Waals surface area contributed by atoms with Crippen molar-refractivity contribution in [1.29, 1.82) is 0 Å². The molecule has 1 aliphatic heterocycles. The second-order valence-electron chi connectivity index (χ2n) is 6.63. The van der Waals surface area contributed by atoms with Gasteiger partial charge in [-0.15, -0.1) is 0 Å². The molecule has 0 unspecified atom stereocenters. The van der Waals surface area contributed by atoms with Gasteiger partial charge in [0.05, 0.1) is 16.4 Å². The number of hydrogen-bond acceptors (Lipinski definition) is 7. The molecule has 3 amide bonds. The molecule has 0 saturated carbocycles. The average Bonchev–Trinajstić information content (AvgIpc) is 3.03. The van der Waals surface area contributed by atoms with Crippen LogP contribution in [0.4, 0.5) is 10.5 Å². The first-order valence-electron chi connectivity index (χ1n) is 9.43. The molecule has 0 atom stereocenters. The Morgan fingerprint density at radius 1 is 1.22 bits per heavy atom. The minimum absolute atomic E-state index is 0.00675. The van der Waals surface area contributed by atoms with Crippen molar-refractivity contribution in [2.24, 2.45) is 0 Å². The molecule has 3 rings (SSSR count). The quantitative estimate of drug-likeness (QED) is 0.334. The number of nitrogens with zero attached hydrogens (tertiary/aromatic N) is 2. The Morgan fingerprint density at radius 3 is 2.69 bits per heavy atom. The summed E-state index contributed by atoms with van der Waals surface area (Å²) in [5.74, 6) is -0.899. The van der Waals surface area contributed by atoms with Crippen molar-refractivity contribution >= 4 is 52.2 Å². The van der Waals surface area contributed by atoms with Crippen molar-refractivity contribution in [3.8, 4) is 0 Å². The molecule has 2 aromatic carbocycles. The molecule has 9 nitrogen and oxygen atoms in total. The predicted molar refractivity (Wildman–Crippen MR) is 120 cm³/mol. The summed E-state index contributed by atoms with van der Waals surface area (Å²) in [6, 6.07) is 13.5. The molecule has 2 aromatic rings. The van der Waals surface area contributed by atoms with Crippen molar-refractivity contribution < 1.29 is 24.0 Å². The molecular formula is C21H18ClN3O6S. The van der Waals surface area contributed by atoms with Crippen LogP contribution >= 0.6 is 23.4 Å². The molecule has 1 saturated heterocycles. The maximum atomic E-state index is 12.5. The number of halogens is 1. The summed E-state index contributed by atoms with van der Waals surface area (Å²) in [7, 11) is 0. The first-order chi connectivity index (χ1) is 15.3. The van der Waals surface area contributed by atoms with Crippen LogP contribution in [0.5, 0.6) is 0 Å². The molecule has 0 aromatic heterocycles. The van der Waals surface area contributed by atoms with E-state index in [1.807, 2.05) is 30.3 Å². The normalized spacial score (nSPS) is 14.8. The van der Waals surface area contributed by atoms with Crippen LogP contribution < -0.4 is 5.32 Å². The number of ether oxygens (including phenoxy) is 1. The fourth-order valence-electron chi connectivity index (χ4n) is 2.80. The highest BCUT2D eigenvalue weighted by Gasteiger charge is 2.34. The standard InChI is InChI=1S/C21H18ClN3O6S/c22-16-7-6-15(10-17(16)25(29)30)11-18-20(27)24(21(28)32-18)9-8-23-19(26)13-31-12-14-4-2-1-3-5-14/h1-7,10-11H,8-9,12-13H2,(H,23,26)/b18-11-. The van der Waals surface area contributed by atoms with Gasteiger partial charge in [0.15, 0.2) is 0 Å². The van der Waals surface area contributed by atoms with Gasteiger partial charge in [-0.1, -0.05) is 48.0 Å². The van der Waals surface area contributed by atoms with Crippen LogP contribution in [-0.2, 0) is 20.9 Å². The van der Waals surface area contributed by atoms with Gasteiger partial charge in [0.1, 0.15) is 11.6 Å². The number of carbonyl (C=O) groups excluding carboxylic acids is 3. The van der Waals surface area contributed by atoms with Gasteiger partial charge in [0, 0.05) is 19.2 Å². The third-order valence-corrected chi connectivity index (χ3v) is 5.57. The maximum absolute atomic E-state index is 12.5. The van der Waals surface area contributed by atoms with Crippen LogP contribution in [-0.4, -0.2) is 46.6 Å². The first-order valence-corrected chi connectivity index (χ1v) is 10.6. The van der Waals surface area contributed by atoms with Crippen LogP contribution in [0.15, 0.2) is 53.4 Å². The van der Waals surface area contributed by atoms with Gasteiger partial charge in [-0.05, 0) is 35.0 Å². The molecule has 0 spiro atoms. The van der Waals surface area contributed by atoms with Crippen molar-refractivity contribution in [2.75, 3.05) is 19.7 Å². The number of nitrogens with one attached hydrogen (secondary N) is 1. The summed E-state index contributed by atoms with van der Waals surface area (Å²) in [6.07, 6.45) is 1.39. The molecular weight excluding hydrogens is 458 g/mol. The van der Waals surface area contributed by atoms with E-state index in [0.717, 1.165) is 22.2 Å². The Hall–Kier alpha value is -3.21. The average molecular weight is 476 g/mol. The Labute approximate surface area is 192 Å². The lowest BCUT2D eigenvalue weighted by Gasteiger charge is -2.13. The molecule has 0 aliphatic carbocycles. The molecule has 0 radical (unpaired) electrons. The van der Waals surface area contributed by atoms with Gasteiger partial charge < -0.3 is 10.1 Å². The molecule has 1 fully saturated rings. The molecule has 0 bridgehead atoms.